The van der Waals surface area contributed by atoms with Gasteiger partial charge in [0.05, 0.1) is 30.2 Å². The molecule has 2 bridgehead atoms. The number of carbonyl (C=O) groups is 1. The van der Waals surface area contributed by atoms with Crippen LogP contribution in [0.2, 0.25) is 0 Å². The molecule has 13 unspecified atom stereocenters. The zero-order valence-electron chi connectivity index (χ0n) is 33.9. The lowest BCUT2D eigenvalue weighted by molar-refractivity contribution is -0.172. The third-order valence-electron chi connectivity index (χ3n) is 18.2. The van der Waals surface area contributed by atoms with Gasteiger partial charge >= 0.3 is 0 Å². The Morgan fingerprint density at radius 2 is 1.60 bits per heavy atom. The molecule has 0 aromatic carbocycles. The van der Waals surface area contributed by atoms with Gasteiger partial charge in [-0.1, -0.05) is 79.7 Å². The molecule has 4 N–H and O–H groups in total. The first-order chi connectivity index (χ1) is 26.2. The van der Waals surface area contributed by atoms with E-state index >= 15 is 0 Å². The molecule has 304 valence electrons. The van der Waals surface area contributed by atoms with E-state index in [0.717, 1.165) is 62.0 Å². The summed E-state index contributed by atoms with van der Waals surface area (Å²) >= 11 is 0. The first kappa shape index (κ1) is 39.4. The predicted molar refractivity (Wildman–Crippen MR) is 221 cm³/mol. The Hall–Kier alpha value is -1.10. The molecule has 55 heavy (non-hydrogen) atoms. The third kappa shape index (κ3) is 6.18. The van der Waals surface area contributed by atoms with Crippen LogP contribution in [0.5, 0.6) is 0 Å². The number of rotatable bonds is 1. The van der Waals surface area contributed by atoms with Crippen LogP contribution in [0.25, 0.3) is 0 Å². The normalized spacial score (nSPS) is 48.4. The zero-order valence-corrected chi connectivity index (χ0v) is 35.6. The molecule has 7 aliphatic carbocycles. The summed E-state index contributed by atoms with van der Waals surface area (Å²) in [5, 5.41) is 48.6. The number of imidazole rings is 1. The summed E-state index contributed by atoms with van der Waals surface area (Å²) in [5.41, 5.74) is 2.28. The van der Waals surface area contributed by atoms with Gasteiger partial charge in [-0.25, -0.2) is 4.98 Å². The largest absolute Gasteiger partial charge is 0.392 e. The number of fused-ring (bicyclic) bond motifs is 6. The number of carbonyl (C=O) groups excluding carboxylic acids is 1. The van der Waals surface area contributed by atoms with Gasteiger partial charge in [0.15, 0.2) is 5.78 Å². The van der Waals surface area contributed by atoms with Crippen molar-refractivity contribution >= 4 is 27.4 Å². The number of hydrogen-bond acceptors (Lipinski definition) is 8. The lowest BCUT2D eigenvalue weighted by atomic mass is 9.42. The minimum Gasteiger partial charge on any atom is -0.392 e. The van der Waals surface area contributed by atoms with Gasteiger partial charge in [-0.05, 0) is 141 Å². The number of hydrogen-bond donors (Lipinski definition) is 4. The Labute approximate surface area is 337 Å². The minimum absolute atomic E-state index is 0.0140. The van der Waals surface area contributed by atoms with Crippen LogP contribution in [0.15, 0.2) is 41.5 Å². The number of nitrogens with zero attached hydrogens (tertiary/aromatic N) is 2. The van der Waals surface area contributed by atoms with Crippen molar-refractivity contribution in [1.29, 1.82) is 0 Å². The molecule has 1 spiro atoms. The van der Waals surface area contributed by atoms with E-state index in [1.165, 1.54) is 50.5 Å². The second-order valence-corrected chi connectivity index (χ2v) is 23.8. The molecule has 0 amide bonds. The molecule has 8 aliphatic rings. The summed E-state index contributed by atoms with van der Waals surface area (Å²) in [6.45, 7) is 9.46. The van der Waals surface area contributed by atoms with Crippen LogP contribution < -0.4 is 0 Å². The molecule has 2 heterocycles. The van der Waals surface area contributed by atoms with Crippen molar-refractivity contribution < 1.29 is 25.2 Å². The molecule has 1 saturated heterocycles. The highest BCUT2D eigenvalue weighted by Crippen LogP contribution is 2.73. The van der Waals surface area contributed by atoms with Crippen LogP contribution in [0.3, 0.4) is 0 Å². The van der Waals surface area contributed by atoms with Crippen LogP contribution >= 0.6 is 21.6 Å². The maximum Gasteiger partial charge on any atom is 0.159 e. The SMILES string of the molecule is CC1(C)CC(n2ccnc2)CSSCC2CC3C(CCCC4CC5C(=CC(=O)C6CC(O)C(O)CC65C)C2(O)C43C)C(O)CC1=C1CCCC2(CCCC2)C1. The van der Waals surface area contributed by atoms with Gasteiger partial charge < -0.3 is 25.0 Å². The number of aliphatic hydroxyl groups is 4. The van der Waals surface area contributed by atoms with Crippen LogP contribution in [-0.2, 0) is 4.79 Å². The molecule has 1 aromatic heterocycles. The van der Waals surface area contributed by atoms with Gasteiger partial charge in [0, 0.05) is 47.2 Å². The summed E-state index contributed by atoms with van der Waals surface area (Å²) in [6, 6.07) is 0.251. The van der Waals surface area contributed by atoms with Crippen LogP contribution in [0, 0.1) is 57.2 Å². The van der Waals surface area contributed by atoms with Crippen molar-refractivity contribution in [2.24, 2.45) is 57.2 Å². The molecular formula is C46H68N2O5S2. The number of ketones is 1. The highest BCUT2D eigenvalue weighted by atomic mass is 33.1. The van der Waals surface area contributed by atoms with E-state index in [-0.39, 0.29) is 59.2 Å². The second-order valence-electron chi connectivity index (χ2n) is 21.2. The first-order valence-corrected chi connectivity index (χ1v) is 24.6. The third-order valence-corrected chi connectivity index (χ3v) is 20.8. The number of allylic oxidation sites excluding steroid dienone is 2. The van der Waals surface area contributed by atoms with Crippen LogP contribution in [0.1, 0.15) is 143 Å². The number of aliphatic hydroxyl groups excluding tert-OH is 3. The lowest BCUT2D eigenvalue weighted by Crippen LogP contribution is -2.65. The van der Waals surface area contributed by atoms with Gasteiger partial charge in [0.2, 0.25) is 0 Å². The molecule has 7 nitrogen and oxygen atoms in total. The quantitative estimate of drug-likeness (QED) is 0.165. The van der Waals surface area contributed by atoms with Crippen molar-refractivity contribution in [2.45, 2.75) is 167 Å². The fourth-order valence-corrected chi connectivity index (χ4v) is 18.1. The maximum atomic E-state index is 14.2. The van der Waals surface area contributed by atoms with E-state index in [0.29, 0.717) is 18.3 Å². The summed E-state index contributed by atoms with van der Waals surface area (Å²) in [4.78, 5) is 18.7. The average molecular weight is 793 g/mol. The summed E-state index contributed by atoms with van der Waals surface area (Å²) in [6.07, 6.45) is 23.1. The topological polar surface area (TPSA) is 116 Å². The highest BCUT2D eigenvalue weighted by Gasteiger charge is 2.73. The molecule has 9 heteroatoms. The molecular weight excluding hydrogens is 725 g/mol. The zero-order chi connectivity index (χ0) is 38.5. The fourth-order valence-electron chi connectivity index (χ4n) is 15.4. The van der Waals surface area contributed by atoms with Crippen molar-refractivity contribution in [2.75, 3.05) is 11.5 Å². The molecule has 13 atom stereocenters. The van der Waals surface area contributed by atoms with Crippen molar-refractivity contribution in [3.05, 3.63) is 41.5 Å². The van der Waals surface area contributed by atoms with E-state index in [1.54, 1.807) is 5.57 Å². The Balaban J connectivity index is 1.14. The Morgan fingerprint density at radius 3 is 2.36 bits per heavy atom. The van der Waals surface area contributed by atoms with E-state index in [1.807, 2.05) is 40.2 Å². The Kier molecular flexibility index (Phi) is 10.2. The van der Waals surface area contributed by atoms with E-state index in [4.69, 9.17) is 0 Å². The van der Waals surface area contributed by atoms with Gasteiger partial charge in [0.25, 0.3) is 0 Å². The molecule has 6 saturated carbocycles. The Morgan fingerprint density at radius 1 is 0.836 bits per heavy atom. The molecule has 1 aliphatic heterocycles. The predicted octanol–water partition coefficient (Wildman–Crippen LogP) is 8.87. The summed E-state index contributed by atoms with van der Waals surface area (Å²) in [7, 11) is 3.82. The minimum atomic E-state index is -1.17. The first-order valence-electron chi connectivity index (χ1n) is 22.2. The lowest BCUT2D eigenvalue weighted by Gasteiger charge is -2.63. The fraction of sp³-hybridized carbons (Fsp3) is 0.826. The number of aromatic nitrogens is 2. The van der Waals surface area contributed by atoms with Crippen LogP contribution in [-0.4, -0.2) is 71.2 Å². The van der Waals surface area contributed by atoms with E-state index in [2.05, 4.69) is 43.4 Å². The molecule has 9 rings (SSSR count). The maximum absolute atomic E-state index is 14.2. The van der Waals surface area contributed by atoms with Gasteiger partial charge in [-0.15, -0.1) is 0 Å². The molecule has 0 radical (unpaired) electrons. The van der Waals surface area contributed by atoms with Crippen molar-refractivity contribution in [3.63, 3.8) is 0 Å². The summed E-state index contributed by atoms with van der Waals surface area (Å²) < 4.78 is 2.30. The van der Waals surface area contributed by atoms with Gasteiger partial charge in [-0.2, -0.15) is 0 Å². The van der Waals surface area contributed by atoms with Crippen LogP contribution in [0.4, 0.5) is 0 Å². The van der Waals surface area contributed by atoms with Crippen molar-refractivity contribution in [1.82, 2.24) is 9.55 Å². The average Bonchev–Trinajstić information content (AvgIpc) is 3.87. The standard InChI is InChI=1S/C46H68N2O5S2/c1-42(2)23-31(48-16-15-47-27-48)26-55-54-25-30-18-34-32(38(49)19-33(42)28-9-8-14-45(22-28)12-5-6-13-45)11-7-10-29-17-35-36(46(30,53)44(29,34)4)20-39(50)37-21-40(51)41(52)24-43(35,37)3/h15-16,20,27,29-32,34-35,37-38,40-41,49,51-53H,5-14,17-19,21-26H2,1-4H3. The smallest absolute Gasteiger partial charge is 0.159 e. The Bertz CT molecular complexity index is 1690. The van der Waals surface area contributed by atoms with E-state index in [9.17, 15) is 25.2 Å². The highest BCUT2D eigenvalue weighted by molar-refractivity contribution is 8.76. The molecule has 1 aromatic rings. The molecule has 7 fully saturated rings. The van der Waals surface area contributed by atoms with Gasteiger partial charge in [-0.3, -0.25) is 4.79 Å². The van der Waals surface area contributed by atoms with Gasteiger partial charge in [0.1, 0.15) is 0 Å². The second kappa shape index (κ2) is 14.3. The monoisotopic (exact) mass is 792 g/mol. The van der Waals surface area contributed by atoms with Crippen molar-refractivity contribution in [3.8, 4) is 0 Å². The summed E-state index contributed by atoms with van der Waals surface area (Å²) in [5.74, 6) is 1.84. The van der Waals surface area contributed by atoms with E-state index < -0.39 is 34.7 Å².